The zero-order chi connectivity index (χ0) is 19.7. The van der Waals surface area contributed by atoms with Gasteiger partial charge in [0, 0.05) is 27.3 Å². The number of likely N-dealkylation sites (N-methyl/N-ethyl adjacent to an activating group) is 1. The Bertz CT molecular complexity index is 739. The van der Waals surface area contributed by atoms with Crippen LogP contribution in [0, 0.1) is 0 Å². The molecule has 0 spiro atoms. The molecule has 0 aliphatic carbocycles. The number of rotatable bonds is 7. The number of nitrogens with one attached hydrogen (secondary N) is 2. The number of pyridine rings is 1. The van der Waals surface area contributed by atoms with Crippen molar-refractivity contribution < 1.29 is 19.1 Å². The van der Waals surface area contributed by atoms with Gasteiger partial charge >= 0.3 is 6.09 Å². The Morgan fingerprint density at radius 2 is 2.04 bits per heavy atom. The molecule has 0 unspecified atom stereocenters. The molecule has 1 aromatic rings. The maximum Gasteiger partial charge on any atom is 0.407 e. The fourth-order valence-electron chi connectivity index (χ4n) is 1.98. The van der Waals surface area contributed by atoms with Crippen LogP contribution in [0.2, 0.25) is 0 Å². The number of aryl methyl sites for hydroxylation is 1. The molecular weight excluding hydrogens is 340 g/mol. The summed E-state index contributed by atoms with van der Waals surface area (Å²) in [6.45, 7) is 0. The fourth-order valence-corrected chi connectivity index (χ4v) is 1.98. The Kier molecular flexibility index (Phi) is 8.07. The summed E-state index contributed by atoms with van der Waals surface area (Å²) in [5, 5.41) is 4.93. The Morgan fingerprint density at radius 1 is 1.35 bits per heavy atom. The highest BCUT2D eigenvalue weighted by molar-refractivity contribution is 5.96. The minimum absolute atomic E-state index is 0.106. The predicted octanol–water partition coefficient (Wildman–Crippen LogP) is 0.473. The van der Waals surface area contributed by atoms with Crippen molar-refractivity contribution in [3.8, 4) is 0 Å². The Morgan fingerprint density at radius 3 is 2.65 bits per heavy atom. The van der Waals surface area contributed by atoms with E-state index in [1.54, 1.807) is 39.5 Å². The average molecular weight is 364 g/mol. The van der Waals surface area contributed by atoms with Crippen LogP contribution >= 0.6 is 0 Å². The van der Waals surface area contributed by atoms with Crippen molar-refractivity contribution in [2.45, 2.75) is 18.9 Å². The first kappa shape index (κ1) is 20.9. The smallest absolute Gasteiger partial charge is 0.407 e. The lowest BCUT2D eigenvalue weighted by atomic mass is 10.1. The molecule has 1 rings (SSSR count). The summed E-state index contributed by atoms with van der Waals surface area (Å²) < 4.78 is 5.85. The van der Waals surface area contributed by atoms with Crippen molar-refractivity contribution in [2.75, 3.05) is 26.5 Å². The van der Waals surface area contributed by atoms with Crippen LogP contribution in [0.25, 0.3) is 0 Å². The summed E-state index contributed by atoms with van der Waals surface area (Å²) in [6.07, 6.45) is 4.40. The molecule has 9 heteroatoms. The lowest BCUT2D eigenvalue weighted by Crippen LogP contribution is -2.44. The van der Waals surface area contributed by atoms with Gasteiger partial charge in [-0.15, -0.1) is 0 Å². The molecule has 1 atom stereocenters. The molecule has 1 aromatic heterocycles. The van der Waals surface area contributed by atoms with Gasteiger partial charge in [-0.2, -0.15) is 0 Å². The van der Waals surface area contributed by atoms with Gasteiger partial charge in [-0.1, -0.05) is 6.08 Å². The molecule has 2 N–H and O–H groups in total. The molecule has 9 nitrogen and oxygen atoms in total. The summed E-state index contributed by atoms with van der Waals surface area (Å²) in [6, 6.07) is 2.17. The van der Waals surface area contributed by atoms with Gasteiger partial charge in [0.05, 0.1) is 7.11 Å². The standard InChI is InChI=1S/C17H24N4O5/c1-20(2)14(22)10-6-5-8-12(19-17(25)26-4)15(23)18-13-9-7-11-21(3)16(13)24/h6-7,9-12H,5,8H2,1-4H3,(H,18,23)(H,19,25)/b10-6+/t12-/m0/s1. The van der Waals surface area contributed by atoms with E-state index in [0.29, 0.717) is 6.42 Å². The lowest BCUT2D eigenvalue weighted by molar-refractivity contribution is -0.123. The maximum atomic E-state index is 12.4. The van der Waals surface area contributed by atoms with Crippen LogP contribution in [0.15, 0.2) is 35.3 Å². The molecule has 142 valence electrons. The number of alkyl carbamates (subject to hydrolysis) is 1. The second-order valence-electron chi connectivity index (χ2n) is 5.73. The van der Waals surface area contributed by atoms with Crippen molar-refractivity contribution in [1.29, 1.82) is 0 Å². The van der Waals surface area contributed by atoms with Crippen molar-refractivity contribution in [2.24, 2.45) is 7.05 Å². The highest BCUT2D eigenvalue weighted by Gasteiger charge is 2.21. The summed E-state index contributed by atoms with van der Waals surface area (Å²) in [5.41, 5.74) is -0.260. The molecule has 0 aliphatic heterocycles. The number of nitrogens with zero attached hydrogens (tertiary/aromatic N) is 2. The molecule has 0 saturated heterocycles. The van der Waals surface area contributed by atoms with E-state index in [0.717, 1.165) is 0 Å². The number of hydrogen-bond acceptors (Lipinski definition) is 5. The number of carbonyl (C=O) groups excluding carboxylic acids is 3. The molecule has 26 heavy (non-hydrogen) atoms. The van der Waals surface area contributed by atoms with Crippen LogP contribution in [0.5, 0.6) is 0 Å². The number of ether oxygens (including phenoxy) is 1. The Labute approximate surface area is 151 Å². The monoisotopic (exact) mass is 364 g/mol. The van der Waals surface area contributed by atoms with E-state index in [-0.39, 0.29) is 23.6 Å². The lowest BCUT2D eigenvalue weighted by Gasteiger charge is -2.17. The van der Waals surface area contributed by atoms with E-state index in [1.165, 1.54) is 28.7 Å². The molecule has 1 heterocycles. The first-order valence-electron chi connectivity index (χ1n) is 7.95. The minimum atomic E-state index is -0.925. The van der Waals surface area contributed by atoms with Crippen LogP contribution in [-0.2, 0) is 21.4 Å². The highest BCUT2D eigenvalue weighted by Crippen LogP contribution is 2.05. The molecule has 0 aliphatic rings. The van der Waals surface area contributed by atoms with Crippen LogP contribution in [0.1, 0.15) is 12.8 Å². The maximum absolute atomic E-state index is 12.4. The average Bonchev–Trinajstić information content (AvgIpc) is 2.60. The fraction of sp³-hybridized carbons (Fsp3) is 0.412. The van der Waals surface area contributed by atoms with Gasteiger partial charge in [0.1, 0.15) is 11.7 Å². The van der Waals surface area contributed by atoms with E-state index in [4.69, 9.17) is 0 Å². The molecular formula is C17H24N4O5. The first-order valence-corrected chi connectivity index (χ1v) is 7.95. The third kappa shape index (κ3) is 6.42. The van der Waals surface area contributed by atoms with Crippen LogP contribution in [0.3, 0.4) is 0 Å². The van der Waals surface area contributed by atoms with Gasteiger partial charge in [0.25, 0.3) is 5.56 Å². The highest BCUT2D eigenvalue weighted by atomic mass is 16.5. The van der Waals surface area contributed by atoms with Gasteiger partial charge in [0.15, 0.2) is 0 Å². The summed E-state index contributed by atoms with van der Waals surface area (Å²) in [4.78, 5) is 48.8. The van der Waals surface area contributed by atoms with E-state index in [2.05, 4.69) is 15.4 Å². The number of aromatic nitrogens is 1. The summed E-state index contributed by atoms with van der Waals surface area (Å²) >= 11 is 0. The molecule has 0 fully saturated rings. The van der Waals surface area contributed by atoms with E-state index >= 15 is 0 Å². The number of hydrogen-bond donors (Lipinski definition) is 2. The second kappa shape index (κ2) is 10.0. The number of methoxy groups -OCH3 is 1. The van der Waals surface area contributed by atoms with Crippen molar-refractivity contribution in [1.82, 2.24) is 14.8 Å². The van der Waals surface area contributed by atoms with Gasteiger partial charge in [0.2, 0.25) is 11.8 Å². The quantitative estimate of drug-likeness (QED) is 0.684. The number of anilines is 1. The topological polar surface area (TPSA) is 110 Å². The molecule has 3 amide bonds. The largest absolute Gasteiger partial charge is 0.453 e. The summed E-state index contributed by atoms with van der Waals surface area (Å²) in [7, 11) is 6.01. The number of carbonyl (C=O) groups is 3. The zero-order valence-corrected chi connectivity index (χ0v) is 15.3. The third-order valence-corrected chi connectivity index (χ3v) is 3.50. The van der Waals surface area contributed by atoms with E-state index < -0.39 is 18.0 Å². The number of amides is 3. The Hall–Kier alpha value is -3.10. The molecule has 0 radical (unpaired) electrons. The third-order valence-electron chi connectivity index (χ3n) is 3.50. The molecule has 0 saturated carbocycles. The van der Waals surface area contributed by atoms with Crippen LogP contribution < -0.4 is 16.2 Å². The minimum Gasteiger partial charge on any atom is -0.453 e. The first-order chi connectivity index (χ1) is 12.3. The van der Waals surface area contributed by atoms with Gasteiger partial charge < -0.3 is 24.8 Å². The Balaban J connectivity index is 2.80. The molecule has 0 bridgehead atoms. The number of allylic oxidation sites excluding steroid dienone is 1. The van der Waals surface area contributed by atoms with Crippen LogP contribution in [0.4, 0.5) is 10.5 Å². The van der Waals surface area contributed by atoms with Crippen LogP contribution in [-0.4, -0.2) is 54.6 Å². The normalized spacial score (nSPS) is 11.7. The van der Waals surface area contributed by atoms with Gasteiger partial charge in [-0.3, -0.25) is 14.4 Å². The summed E-state index contributed by atoms with van der Waals surface area (Å²) in [5.74, 6) is -0.731. The zero-order valence-electron chi connectivity index (χ0n) is 15.3. The predicted molar refractivity (Wildman–Crippen MR) is 96.7 cm³/mol. The van der Waals surface area contributed by atoms with Crippen molar-refractivity contribution in [3.05, 3.63) is 40.8 Å². The van der Waals surface area contributed by atoms with Crippen molar-refractivity contribution in [3.63, 3.8) is 0 Å². The van der Waals surface area contributed by atoms with E-state index in [1.807, 2.05) is 0 Å². The van der Waals surface area contributed by atoms with Crippen molar-refractivity contribution >= 4 is 23.6 Å². The van der Waals surface area contributed by atoms with Gasteiger partial charge in [-0.25, -0.2) is 4.79 Å². The van der Waals surface area contributed by atoms with E-state index in [9.17, 15) is 19.2 Å². The van der Waals surface area contributed by atoms with Gasteiger partial charge in [-0.05, 0) is 31.1 Å². The molecule has 0 aromatic carbocycles. The SMILES string of the molecule is COC(=O)N[C@@H](CC/C=C/C(=O)N(C)C)C(=O)Nc1cccn(C)c1=O. The second-order valence-corrected chi connectivity index (χ2v) is 5.73.